The first-order chi connectivity index (χ1) is 18.0. The Labute approximate surface area is 219 Å². The molecule has 0 saturated carbocycles. The largest absolute Gasteiger partial charge is 0.406 e. The van der Waals surface area contributed by atoms with Crippen LogP contribution in [-0.4, -0.2) is 79.2 Å². The number of likely N-dealkylation sites (tertiary alicyclic amines) is 1. The van der Waals surface area contributed by atoms with Gasteiger partial charge in [0.25, 0.3) is 0 Å². The SMILES string of the molecule is CS(=O)(=O)c1ccc(NCC#Cc2cc3c(NC4CCN(CCO)CC4)cccc3n2CC(F)(F)F)cn1. The van der Waals surface area contributed by atoms with Gasteiger partial charge in [-0.25, -0.2) is 13.4 Å². The van der Waals surface area contributed by atoms with E-state index in [2.05, 4.69) is 32.4 Å². The summed E-state index contributed by atoms with van der Waals surface area (Å²) in [6.45, 7) is 1.43. The van der Waals surface area contributed by atoms with E-state index in [9.17, 15) is 21.6 Å². The molecule has 0 radical (unpaired) electrons. The molecule has 3 heterocycles. The summed E-state index contributed by atoms with van der Waals surface area (Å²) < 4.78 is 64.6. The van der Waals surface area contributed by atoms with Crippen LogP contribution in [0.25, 0.3) is 10.9 Å². The monoisotopic (exact) mass is 549 g/mol. The van der Waals surface area contributed by atoms with E-state index < -0.39 is 22.6 Å². The highest BCUT2D eigenvalue weighted by Crippen LogP contribution is 2.31. The summed E-state index contributed by atoms with van der Waals surface area (Å²) in [6.07, 6.45) is -0.242. The molecule has 0 aliphatic carbocycles. The van der Waals surface area contributed by atoms with Crippen molar-refractivity contribution in [3.8, 4) is 11.8 Å². The average molecular weight is 550 g/mol. The van der Waals surface area contributed by atoms with E-state index in [1.807, 2.05) is 6.07 Å². The molecule has 1 fully saturated rings. The molecule has 1 aliphatic heterocycles. The van der Waals surface area contributed by atoms with Crippen molar-refractivity contribution in [2.45, 2.75) is 36.6 Å². The van der Waals surface area contributed by atoms with E-state index in [1.165, 1.54) is 16.8 Å². The topological polar surface area (TPSA) is 99.5 Å². The Hall–Kier alpha value is -3.27. The summed E-state index contributed by atoms with van der Waals surface area (Å²) >= 11 is 0. The van der Waals surface area contributed by atoms with Crippen LogP contribution in [0.1, 0.15) is 18.5 Å². The first-order valence-corrected chi connectivity index (χ1v) is 14.1. The highest BCUT2D eigenvalue weighted by atomic mass is 32.2. The highest BCUT2D eigenvalue weighted by Gasteiger charge is 2.30. The lowest BCUT2D eigenvalue weighted by molar-refractivity contribution is -0.140. The van der Waals surface area contributed by atoms with Crippen LogP contribution in [0.2, 0.25) is 0 Å². The molecule has 204 valence electrons. The van der Waals surface area contributed by atoms with E-state index in [4.69, 9.17) is 5.11 Å². The fraction of sp³-hybridized carbons (Fsp3) is 0.423. The second kappa shape index (κ2) is 11.6. The average Bonchev–Trinajstić information content (AvgIpc) is 3.20. The minimum Gasteiger partial charge on any atom is -0.395 e. The zero-order valence-corrected chi connectivity index (χ0v) is 21.7. The van der Waals surface area contributed by atoms with Crippen LogP contribution < -0.4 is 10.6 Å². The summed E-state index contributed by atoms with van der Waals surface area (Å²) in [5, 5.41) is 16.2. The minimum absolute atomic E-state index is 0.0501. The molecule has 0 spiro atoms. The van der Waals surface area contributed by atoms with E-state index in [0.717, 1.165) is 37.9 Å². The standard InChI is InChI=1S/C26H30F3N5O3S/c1-38(36,37)25-8-7-20(17-31-25)30-11-3-4-21-16-22-23(32-19-9-12-33(13-10-19)14-15-35)5-2-6-24(22)34(21)18-26(27,28)29/h2,5-8,16-17,19,30,32,35H,9-15,18H2,1H3. The normalized spacial score (nSPS) is 15.3. The molecule has 1 aliphatic rings. The van der Waals surface area contributed by atoms with Crippen molar-refractivity contribution in [2.75, 3.05) is 49.7 Å². The third kappa shape index (κ3) is 7.18. The number of piperidine rings is 1. The van der Waals surface area contributed by atoms with Crippen LogP contribution in [0.5, 0.6) is 0 Å². The van der Waals surface area contributed by atoms with Crippen molar-refractivity contribution < 1.29 is 26.7 Å². The van der Waals surface area contributed by atoms with Gasteiger partial charge in [0.15, 0.2) is 14.9 Å². The number of aromatic nitrogens is 2. The number of rotatable bonds is 8. The van der Waals surface area contributed by atoms with Crippen molar-refractivity contribution in [3.63, 3.8) is 0 Å². The molecule has 0 unspecified atom stereocenters. The van der Waals surface area contributed by atoms with Gasteiger partial charge in [-0.1, -0.05) is 12.0 Å². The quantitative estimate of drug-likeness (QED) is 0.371. The van der Waals surface area contributed by atoms with Gasteiger partial charge >= 0.3 is 6.18 Å². The molecule has 1 aromatic carbocycles. The summed E-state index contributed by atoms with van der Waals surface area (Å²) in [5.41, 5.74) is 2.00. The Balaban J connectivity index is 1.53. The van der Waals surface area contributed by atoms with Crippen LogP contribution in [0.4, 0.5) is 24.5 Å². The number of benzene rings is 1. The first-order valence-electron chi connectivity index (χ1n) is 12.2. The molecule has 0 atom stereocenters. The molecule has 8 nitrogen and oxygen atoms in total. The number of sulfone groups is 1. The Kier molecular flexibility index (Phi) is 8.50. The molecule has 2 aromatic heterocycles. The number of hydrogen-bond donors (Lipinski definition) is 3. The summed E-state index contributed by atoms with van der Waals surface area (Å²) in [7, 11) is -3.41. The number of aliphatic hydroxyl groups is 1. The Bertz CT molecular complexity index is 1420. The van der Waals surface area contributed by atoms with Gasteiger partial charge < -0.3 is 25.2 Å². The van der Waals surface area contributed by atoms with Crippen LogP contribution in [-0.2, 0) is 16.4 Å². The number of halogens is 3. The Morgan fingerprint density at radius 3 is 2.58 bits per heavy atom. The number of β-amino-alcohol motifs (C(OH)–C–C–N with tert-alkyl or cyclic N) is 1. The third-order valence-electron chi connectivity index (χ3n) is 6.36. The number of pyridine rings is 1. The van der Waals surface area contributed by atoms with Gasteiger partial charge in [0.2, 0.25) is 0 Å². The molecule has 0 amide bonds. The van der Waals surface area contributed by atoms with Gasteiger partial charge in [-0.3, -0.25) is 0 Å². The fourth-order valence-corrected chi connectivity index (χ4v) is 5.07. The number of fused-ring (bicyclic) bond motifs is 1. The van der Waals surface area contributed by atoms with E-state index in [0.29, 0.717) is 23.1 Å². The van der Waals surface area contributed by atoms with Gasteiger partial charge in [0.1, 0.15) is 6.54 Å². The zero-order chi connectivity index (χ0) is 27.3. The highest BCUT2D eigenvalue weighted by molar-refractivity contribution is 7.90. The van der Waals surface area contributed by atoms with Crippen molar-refractivity contribution >= 4 is 32.1 Å². The summed E-state index contributed by atoms with van der Waals surface area (Å²) in [5.74, 6) is 5.72. The lowest BCUT2D eigenvalue weighted by Crippen LogP contribution is -2.40. The van der Waals surface area contributed by atoms with E-state index in [-0.39, 0.29) is 29.9 Å². The first kappa shape index (κ1) is 27.8. The lowest BCUT2D eigenvalue weighted by atomic mass is 10.0. The van der Waals surface area contributed by atoms with Gasteiger partial charge in [-0.2, -0.15) is 13.2 Å². The molecular formula is C26H30F3N5O3S. The van der Waals surface area contributed by atoms with Crippen LogP contribution in [0.3, 0.4) is 0 Å². The summed E-state index contributed by atoms with van der Waals surface area (Å²) in [6, 6.07) is 10.1. The van der Waals surface area contributed by atoms with E-state index >= 15 is 0 Å². The fourth-order valence-electron chi connectivity index (χ4n) is 4.51. The van der Waals surface area contributed by atoms with Gasteiger partial charge in [-0.05, 0) is 49.1 Å². The number of nitrogens with one attached hydrogen (secondary N) is 2. The molecule has 3 aromatic rings. The third-order valence-corrected chi connectivity index (χ3v) is 7.36. The number of alkyl halides is 3. The minimum atomic E-state index is -4.42. The summed E-state index contributed by atoms with van der Waals surface area (Å²) in [4.78, 5) is 6.08. The molecule has 12 heteroatoms. The molecular weight excluding hydrogens is 519 g/mol. The van der Waals surface area contributed by atoms with Gasteiger partial charge in [0.05, 0.1) is 36.2 Å². The number of aliphatic hydroxyl groups excluding tert-OH is 1. The molecule has 0 bridgehead atoms. The van der Waals surface area contributed by atoms with Crippen molar-refractivity contribution in [1.82, 2.24) is 14.5 Å². The maximum atomic E-state index is 13.5. The molecule has 38 heavy (non-hydrogen) atoms. The van der Waals surface area contributed by atoms with Crippen LogP contribution >= 0.6 is 0 Å². The van der Waals surface area contributed by atoms with Crippen LogP contribution in [0.15, 0.2) is 47.6 Å². The van der Waals surface area contributed by atoms with Crippen molar-refractivity contribution in [3.05, 3.63) is 48.3 Å². The van der Waals surface area contributed by atoms with Crippen molar-refractivity contribution in [1.29, 1.82) is 0 Å². The number of anilines is 2. The molecule has 4 rings (SSSR count). The van der Waals surface area contributed by atoms with Gasteiger partial charge in [0, 0.05) is 43.0 Å². The Morgan fingerprint density at radius 2 is 1.95 bits per heavy atom. The van der Waals surface area contributed by atoms with Crippen molar-refractivity contribution in [2.24, 2.45) is 0 Å². The molecule has 3 N–H and O–H groups in total. The Morgan fingerprint density at radius 1 is 1.18 bits per heavy atom. The second-order valence-electron chi connectivity index (χ2n) is 9.27. The lowest BCUT2D eigenvalue weighted by Gasteiger charge is -2.32. The van der Waals surface area contributed by atoms with Gasteiger partial charge in [-0.15, -0.1) is 0 Å². The number of nitrogens with zero attached hydrogens (tertiary/aromatic N) is 3. The van der Waals surface area contributed by atoms with Crippen LogP contribution in [0, 0.1) is 11.8 Å². The second-order valence-corrected chi connectivity index (χ2v) is 11.2. The maximum Gasteiger partial charge on any atom is 0.406 e. The molecule has 1 saturated heterocycles. The zero-order valence-electron chi connectivity index (χ0n) is 20.9. The predicted octanol–water partition coefficient (Wildman–Crippen LogP) is 3.33. The maximum absolute atomic E-state index is 13.5. The number of hydrogen-bond acceptors (Lipinski definition) is 7. The van der Waals surface area contributed by atoms with E-state index in [1.54, 1.807) is 24.3 Å². The predicted molar refractivity (Wildman–Crippen MR) is 141 cm³/mol. The smallest absolute Gasteiger partial charge is 0.395 e.